The summed E-state index contributed by atoms with van der Waals surface area (Å²) in [6.45, 7) is 4.64. The largest absolute Gasteiger partial charge is 0.438 e. The number of hydrogen-bond acceptors (Lipinski definition) is 5. The Kier molecular flexibility index (Phi) is 6.84. The summed E-state index contributed by atoms with van der Waals surface area (Å²) in [5.74, 6) is 0. The van der Waals surface area contributed by atoms with E-state index >= 15 is 0 Å². The molecule has 1 aliphatic rings. The third-order valence-corrected chi connectivity index (χ3v) is 6.71. The van der Waals surface area contributed by atoms with E-state index in [1.165, 1.54) is 10.7 Å². The summed E-state index contributed by atoms with van der Waals surface area (Å²) in [7, 11) is 1.63. The van der Waals surface area contributed by atoms with Crippen LogP contribution in [-0.4, -0.2) is 39.0 Å². The van der Waals surface area contributed by atoms with Crippen LogP contribution in [0.5, 0.6) is 0 Å². The minimum absolute atomic E-state index is 0.0576. The number of aryl methyl sites for hydroxylation is 2. The van der Waals surface area contributed by atoms with Crippen molar-refractivity contribution in [2.45, 2.75) is 44.8 Å². The lowest BCUT2D eigenvalue weighted by Crippen LogP contribution is -2.48. The average Bonchev–Trinajstić information content (AvgIpc) is 2.84. The van der Waals surface area contributed by atoms with Gasteiger partial charge in [0, 0.05) is 38.2 Å². The SMILES string of the molecule is Cc1ccc([C@@]2(CCCO)CCN([C@@H](C)c3ccc(-c4ccc(=O)n(C)n4)cc3)C(=O)O2)cc1. The molecule has 2 aromatic carbocycles. The molecular weight excluding hydrogens is 430 g/mol. The molecule has 1 saturated heterocycles. The molecule has 4 rings (SSSR count). The summed E-state index contributed by atoms with van der Waals surface area (Å²) in [4.78, 5) is 26.5. The van der Waals surface area contributed by atoms with Crippen molar-refractivity contribution in [3.05, 3.63) is 87.7 Å². The lowest BCUT2D eigenvalue weighted by Gasteiger charge is -2.43. The molecule has 3 aromatic rings. The molecule has 7 heteroatoms. The molecular formula is C27H31N3O4. The first-order valence-corrected chi connectivity index (χ1v) is 11.7. The lowest BCUT2D eigenvalue weighted by atomic mass is 9.84. The molecule has 2 atom stereocenters. The van der Waals surface area contributed by atoms with Gasteiger partial charge in [0.05, 0.1) is 11.7 Å². The van der Waals surface area contributed by atoms with Gasteiger partial charge in [-0.2, -0.15) is 5.10 Å². The van der Waals surface area contributed by atoms with Gasteiger partial charge in [0.1, 0.15) is 5.60 Å². The van der Waals surface area contributed by atoms with Gasteiger partial charge in [-0.1, -0.05) is 54.1 Å². The van der Waals surface area contributed by atoms with Crippen LogP contribution in [0.4, 0.5) is 4.79 Å². The van der Waals surface area contributed by atoms with Crippen LogP contribution in [0.1, 0.15) is 48.9 Å². The number of cyclic esters (lactones) is 1. The predicted molar refractivity (Wildman–Crippen MR) is 130 cm³/mol. The van der Waals surface area contributed by atoms with Gasteiger partial charge in [-0.3, -0.25) is 4.79 Å². The van der Waals surface area contributed by atoms with Crippen LogP contribution in [0, 0.1) is 6.92 Å². The van der Waals surface area contributed by atoms with Crippen molar-refractivity contribution < 1.29 is 14.6 Å². The second-order valence-electron chi connectivity index (χ2n) is 8.98. The molecule has 0 radical (unpaired) electrons. The van der Waals surface area contributed by atoms with E-state index in [4.69, 9.17) is 4.74 Å². The van der Waals surface area contributed by atoms with Crippen molar-refractivity contribution in [2.75, 3.05) is 13.2 Å². The molecule has 2 heterocycles. The Hall–Kier alpha value is -3.45. The highest BCUT2D eigenvalue weighted by atomic mass is 16.6. The lowest BCUT2D eigenvalue weighted by molar-refractivity contribution is -0.0680. The van der Waals surface area contributed by atoms with Gasteiger partial charge in [-0.05, 0) is 43.9 Å². The zero-order valence-corrected chi connectivity index (χ0v) is 19.9. The van der Waals surface area contributed by atoms with E-state index in [-0.39, 0.29) is 24.3 Å². The van der Waals surface area contributed by atoms with Crippen molar-refractivity contribution in [3.63, 3.8) is 0 Å². The molecule has 1 aliphatic heterocycles. The van der Waals surface area contributed by atoms with Crippen LogP contribution in [-0.2, 0) is 17.4 Å². The van der Waals surface area contributed by atoms with Crippen LogP contribution in [0.25, 0.3) is 11.3 Å². The molecule has 0 aliphatic carbocycles. The Morgan fingerprint density at radius 1 is 1.06 bits per heavy atom. The first kappa shape index (κ1) is 23.7. The zero-order valence-electron chi connectivity index (χ0n) is 19.9. The number of amides is 1. The molecule has 0 unspecified atom stereocenters. The molecule has 34 heavy (non-hydrogen) atoms. The zero-order chi connectivity index (χ0) is 24.3. The van der Waals surface area contributed by atoms with Gasteiger partial charge in [0.15, 0.2) is 0 Å². The van der Waals surface area contributed by atoms with Crippen molar-refractivity contribution in [1.29, 1.82) is 0 Å². The molecule has 1 amide bonds. The quantitative estimate of drug-likeness (QED) is 0.566. The van der Waals surface area contributed by atoms with Gasteiger partial charge in [-0.25, -0.2) is 9.48 Å². The minimum Gasteiger partial charge on any atom is -0.438 e. The summed E-state index contributed by atoms with van der Waals surface area (Å²) >= 11 is 0. The van der Waals surface area contributed by atoms with E-state index in [2.05, 4.69) is 5.10 Å². The fourth-order valence-electron chi connectivity index (χ4n) is 4.54. The average molecular weight is 462 g/mol. The van der Waals surface area contributed by atoms with Crippen LogP contribution in [0.2, 0.25) is 0 Å². The van der Waals surface area contributed by atoms with Crippen molar-refractivity contribution >= 4 is 6.09 Å². The number of carbonyl (C=O) groups is 1. The minimum atomic E-state index is -0.720. The number of aromatic nitrogens is 2. The Morgan fingerprint density at radius 2 is 1.76 bits per heavy atom. The van der Waals surface area contributed by atoms with Crippen LogP contribution in [0.15, 0.2) is 65.5 Å². The standard InChI is InChI=1S/C27H31N3O4/c1-19-5-11-23(12-6-19)27(15-4-18-31)16-17-30(26(33)34-27)20(2)21-7-9-22(10-8-21)24-13-14-25(32)29(3)28-24/h5-14,20,31H,4,15-18H2,1-3H3/t20-,27+/m0/s1. The van der Waals surface area contributed by atoms with E-state index in [0.29, 0.717) is 31.5 Å². The topological polar surface area (TPSA) is 84.7 Å². The smallest absolute Gasteiger partial charge is 0.411 e. The van der Waals surface area contributed by atoms with Gasteiger partial charge in [-0.15, -0.1) is 0 Å². The molecule has 7 nitrogen and oxygen atoms in total. The number of aliphatic hydroxyl groups is 1. The van der Waals surface area contributed by atoms with Gasteiger partial charge < -0.3 is 14.7 Å². The van der Waals surface area contributed by atoms with E-state index in [1.54, 1.807) is 18.0 Å². The molecule has 1 fully saturated rings. The summed E-state index contributed by atoms with van der Waals surface area (Å²) in [6, 6.07) is 19.0. The number of aliphatic hydroxyl groups excluding tert-OH is 1. The van der Waals surface area contributed by atoms with Crippen molar-refractivity contribution in [2.24, 2.45) is 7.05 Å². The van der Waals surface area contributed by atoms with Crippen molar-refractivity contribution in [3.8, 4) is 11.3 Å². The monoisotopic (exact) mass is 461 g/mol. The normalized spacial score (nSPS) is 19.1. The summed E-state index contributed by atoms with van der Waals surface area (Å²) < 4.78 is 7.42. The number of benzene rings is 2. The molecule has 178 valence electrons. The second-order valence-corrected chi connectivity index (χ2v) is 8.98. The van der Waals surface area contributed by atoms with Crippen molar-refractivity contribution in [1.82, 2.24) is 14.7 Å². The Morgan fingerprint density at radius 3 is 2.38 bits per heavy atom. The van der Waals surface area contributed by atoms with Crippen LogP contribution >= 0.6 is 0 Å². The van der Waals surface area contributed by atoms with E-state index in [0.717, 1.165) is 22.3 Å². The predicted octanol–water partition coefficient (Wildman–Crippen LogP) is 4.33. The number of carbonyl (C=O) groups excluding carboxylic acids is 1. The van der Waals surface area contributed by atoms with E-state index in [9.17, 15) is 14.7 Å². The van der Waals surface area contributed by atoms with Gasteiger partial charge in [0.25, 0.3) is 5.56 Å². The first-order valence-electron chi connectivity index (χ1n) is 11.7. The molecule has 1 aromatic heterocycles. The molecule has 0 saturated carbocycles. The number of nitrogens with zero attached hydrogens (tertiary/aromatic N) is 3. The first-order chi connectivity index (χ1) is 16.3. The number of hydrogen-bond donors (Lipinski definition) is 1. The summed E-state index contributed by atoms with van der Waals surface area (Å²) in [6.07, 6.45) is 1.46. The molecule has 0 spiro atoms. The molecule has 1 N–H and O–H groups in total. The van der Waals surface area contributed by atoms with Crippen LogP contribution < -0.4 is 5.56 Å². The second kappa shape index (κ2) is 9.81. The van der Waals surface area contributed by atoms with E-state index in [1.807, 2.05) is 62.4 Å². The Labute approximate surface area is 199 Å². The highest BCUT2D eigenvalue weighted by molar-refractivity contribution is 5.70. The third-order valence-electron chi connectivity index (χ3n) is 6.71. The maximum absolute atomic E-state index is 13.2. The highest BCUT2D eigenvalue weighted by Gasteiger charge is 2.43. The Bertz CT molecular complexity index is 1200. The van der Waals surface area contributed by atoms with Gasteiger partial charge in [0.2, 0.25) is 0 Å². The third kappa shape index (κ3) is 4.75. The number of rotatable bonds is 7. The summed E-state index contributed by atoms with van der Waals surface area (Å²) in [5, 5.41) is 13.7. The van der Waals surface area contributed by atoms with Gasteiger partial charge >= 0.3 is 6.09 Å². The fourth-order valence-corrected chi connectivity index (χ4v) is 4.54. The maximum atomic E-state index is 13.2. The fraction of sp³-hybridized carbons (Fsp3) is 0.370. The highest BCUT2D eigenvalue weighted by Crippen LogP contribution is 2.40. The summed E-state index contributed by atoms with van der Waals surface area (Å²) in [5.41, 5.74) is 3.85. The maximum Gasteiger partial charge on any atom is 0.411 e. The molecule has 0 bridgehead atoms. The van der Waals surface area contributed by atoms with Crippen LogP contribution in [0.3, 0.4) is 0 Å². The van der Waals surface area contributed by atoms with E-state index < -0.39 is 5.60 Å². The Balaban J connectivity index is 1.52. The number of ether oxygens (including phenoxy) is 1.